The summed E-state index contributed by atoms with van der Waals surface area (Å²) in [6.45, 7) is 8.79. The molecule has 0 N–H and O–H groups in total. The summed E-state index contributed by atoms with van der Waals surface area (Å²) in [6.07, 6.45) is 2.51. The van der Waals surface area contributed by atoms with Crippen LogP contribution < -0.4 is 0 Å². The summed E-state index contributed by atoms with van der Waals surface area (Å²) >= 11 is 0. The first-order valence-corrected chi connectivity index (χ1v) is 9.15. The second-order valence-electron chi connectivity index (χ2n) is 7.13. The Kier molecular flexibility index (Phi) is 5.57. The van der Waals surface area contributed by atoms with Crippen LogP contribution in [0, 0.1) is 6.92 Å². The molecule has 0 saturated carbocycles. The molecule has 1 unspecified atom stereocenters. The largest absolute Gasteiger partial charge is 0.438 e. The molecule has 9 heteroatoms. The van der Waals surface area contributed by atoms with Crippen LogP contribution in [0.1, 0.15) is 61.1 Å². The first-order valence-electron chi connectivity index (χ1n) is 9.15. The summed E-state index contributed by atoms with van der Waals surface area (Å²) in [7, 11) is 0. The molecule has 2 aromatic heterocycles. The van der Waals surface area contributed by atoms with Crippen molar-refractivity contribution in [1.29, 1.82) is 0 Å². The monoisotopic (exact) mass is 375 g/mol. The van der Waals surface area contributed by atoms with Crippen LogP contribution in [-0.2, 0) is 11.2 Å². The van der Waals surface area contributed by atoms with E-state index in [0.29, 0.717) is 43.5 Å². The Balaban J connectivity index is 1.61. The van der Waals surface area contributed by atoms with Gasteiger partial charge in [-0.2, -0.15) is 4.98 Å². The molecular formula is C18H25N5O4. The van der Waals surface area contributed by atoms with Gasteiger partial charge in [0.25, 0.3) is 5.91 Å². The summed E-state index contributed by atoms with van der Waals surface area (Å²) in [5, 5.41) is 3.97. The number of nitrogens with zero attached hydrogens (tertiary/aromatic N) is 5. The van der Waals surface area contributed by atoms with Gasteiger partial charge in [0.15, 0.2) is 12.2 Å². The molecule has 3 rings (SSSR count). The van der Waals surface area contributed by atoms with Gasteiger partial charge in [0, 0.05) is 38.9 Å². The van der Waals surface area contributed by atoms with Gasteiger partial charge in [-0.05, 0) is 13.3 Å². The van der Waals surface area contributed by atoms with Crippen molar-refractivity contribution < 1.29 is 18.5 Å². The van der Waals surface area contributed by atoms with E-state index in [9.17, 15) is 9.59 Å². The molecule has 1 aliphatic heterocycles. The van der Waals surface area contributed by atoms with E-state index in [1.807, 2.05) is 13.8 Å². The predicted octanol–water partition coefficient (Wildman–Crippen LogP) is 1.80. The summed E-state index contributed by atoms with van der Waals surface area (Å²) in [4.78, 5) is 36.5. The van der Waals surface area contributed by atoms with Crippen molar-refractivity contribution >= 4 is 11.8 Å². The Morgan fingerprint density at radius 1 is 1.41 bits per heavy atom. The van der Waals surface area contributed by atoms with Crippen molar-refractivity contribution in [2.75, 3.05) is 19.6 Å². The third-order valence-corrected chi connectivity index (χ3v) is 4.79. The number of rotatable bonds is 6. The summed E-state index contributed by atoms with van der Waals surface area (Å²) in [6, 6.07) is -0.0360. The fourth-order valence-electron chi connectivity index (χ4n) is 3.25. The Labute approximate surface area is 157 Å². The number of likely N-dealkylation sites (tertiary alicyclic amines) is 1. The van der Waals surface area contributed by atoms with E-state index in [2.05, 4.69) is 15.1 Å². The lowest BCUT2D eigenvalue weighted by Crippen LogP contribution is -2.42. The second-order valence-corrected chi connectivity index (χ2v) is 7.13. The molecule has 2 amide bonds. The zero-order valence-corrected chi connectivity index (χ0v) is 16.1. The average molecular weight is 375 g/mol. The molecule has 0 radical (unpaired) electrons. The first kappa shape index (κ1) is 19.1. The SMILES string of the molecule is CC(=O)N(CCc1noc(C(C)C)n1)C1CCN(C(=O)c2ocnc2C)C1. The van der Waals surface area contributed by atoms with Gasteiger partial charge in [0.05, 0.1) is 11.7 Å². The minimum Gasteiger partial charge on any atom is -0.438 e. The number of aryl methyl sites for hydroxylation is 1. The topological polar surface area (TPSA) is 106 Å². The maximum atomic E-state index is 12.6. The molecule has 1 aliphatic rings. The number of aromatic nitrogens is 3. The second kappa shape index (κ2) is 7.89. The van der Waals surface area contributed by atoms with E-state index < -0.39 is 0 Å². The number of oxazole rings is 1. The Bertz CT molecular complexity index is 812. The van der Waals surface area contributed by atoms with Crippen molar-refractivity contribution in [1.82, 2.24) is 24.9 Å². The van der Waals surface area contributed by atoms with Crippen LogP contribution in [0.25, 0.3) is 0 Å². The van der Waals surface area contributed by atoms with E-state index in [1.165, 1.54) is 6.39 Å². The minimum atomic E-state index is -0.184. The maximum Gasteiger partial charge on any atom is 0.291 e. The van der Waals surface area contributed by atoms with Gasteiger partial charge in [0.2, 0.25) is 17.6 Å². The van der Waals surface area contributed by atoms with E-state index in [1.54, 1.807) is 23.6 Å². The molecule has 2 aromatic rings. The van der Waals surface area contributed by atoms with E-state index in [-0.39, 0.29) is 29.5 Å². The van der Waals surface area contributed by atoms with Crippen LogP contribution in [0.5, 0.6) is 0 Å². The Hall–Kier alpha value is -2.71. The van der Waals surface area contributed by atoms with Crippen LogP contribution in [0.15, 0.2) is 15.3 Å². The highest BCUT2D eigenvalue weighted by Gasteiger charge is 2.33. The normalized spacial score (nSPS) is 16.9. The zero-order chi connectivity index (χ0) is 19.6. The number of hydrogen-bond acceptors (Lipinski definition) is 7. The molecule has 27 heavy (non-hydrogen) atoms. The third-order valence-electron chi connectivity index (χ3n) is 4.79. The van der Waals surface area contributed by atoms with Gasteiger partial charge in [-0.15, -0.1) is 0 Å². The van der Waals surface area contributed by atoms with Gasteiger partial charge in [-0.25, -0.2) is 4.98 Å². The smallest absolute Gasteiger partial charge is 0.291 e. The van der Waals surface area contributed by atoms with Gasteiger partial charge in [-0.1, -0.05) is 19.0 Å². The lowest BCUT2D eigenvalue weighted by atomic mass is 10.2. The molecule has 9 nitrogen and oxygen atoms in total. The number of hydrogen-bond donors (Lipinski definition) is 0. The third kappa shape index (κ3) is 4.17. The highest BCUT2D eigenvalue weighted by atomic mass is 16.5. The van der Waals surface area contributed by atoms with Crippen molar-refractivity contribution in [3.8, 4) is 0 Å². The maximum absolute atomic E-state index is 12.6. The Morgan fingerprint density at radius 3 is 2.78 bits per heavy atom. The number of carbonyl (C=O) groups excluding carboxylic acids is 2. The standard InChI is InChI=1S/C18H25N5O4/c1-11(2)17-20-15(21-27-17)6-8-23(13(4)24)14-5-7-22(9-14)18(25)16-12(3)19-10-26-16/h10-11,14H,5-9H2,1-4H3. The molecule has 1 saturated heterocycles. The van der Waals surface area contributed by atoms with Gasteiger partial charge in [0.1, 0.15) is 0 Å². The first-order chi connectivity index (χ1) is 12.9. The van der Waals surface area contributed by atoms with Crippen LogP contribution in [-0.4, -0.2) is 62.4 Å². The van der Waals surface area contributed by atoms with Crippen molar-refractivity contribution in [2.45, 2.75) is 52.5 Å². The lowest BCUT2D eigenvalue weighted by molar-refractivity contribution is -0.130. The highest BCUT2D eigenvalue weighted by Crippen LogP contribution is 2.20. The lowest BCUT2D eigenvalue weighted by Gasteiger charge is -2.27. The van der Waals surface area contributed by atoms with Gasteiger partial charge in [-0.3, -0.25) is 9.59 Å². The van der Waals surface area contributed by atoms with Crippen LogP contribution in [0.3, 0.4) is 0 Å². The Morgan fingerprint density at radius 2 is 2.19 bits per heavy atom. The molecule has 3 heterocycles. The quantitative estimate of drug-likeness (QED) is 0.758. The zero-order valence-electron chi connectivity index (χ0n) is 16.1. The molecule has 0 bridgehead atoms. The number of amides is 2. The van der Waals surface area contributed by atoms with Crippen molar-refractivity contribution in [2.24, 2.45) is 0 Å². The molecular weight excluding hydrogens is 350 g/mol. The summed E-state index contributed by atoms with van der Waals surface area (Å²) in [5.41, 5.74) is 0.574. The van der Waals surface area contributed by atoms with Crippen LogP contribution in [0.2, 0.25) is 0 Å². The molecule has 1 fully saturated rings. The molecule has 1 atom stereocenters. The molecule has 0 aromatic carbocycles. The van der Waals surface area contributed by atoms with Gasteiger partial charge < -0.3 is 18.7 Å². The van der Waals surface area contributed by atoms with Crippen LogP contribution in [0.4, 0.5) is 0 Å². The van der Waals surface area contributed by atoms with Crippen molar-refractivity contribution in [3.05, 3.63) is 29.6 Å². The fourth-order valence-corrected chi connectivity index (χ4v) is 3.25. The van der Waals surface area contributed by atoms with E-state index >= 15 is 0 Å². The summed E-state index contributed by atoms with van der Waals surface area (Å²) in [5.74, 6) is 1.41. The van der Waals surface area contributed by atoms with Crippen molar-refractivity contribution in [3.63, 3.8) is 0 Å². The van der Waals surface area contributed by atoms with Crippen LogP contribution >= 0.6 is 0 Å². The fraction of sp³-hybridized carbons (Fsp3) is 0.611. The molecule has 0 spiro atoms. The predicted molar refractivity (Wildman–Crippen MR) is 95.0 cm³/mol. The number of carbonyl (C=O) groups is 2. The summed E-state index contributed by atoms with van der Waals surface area (Å²) < 4.78 is 10.4. The van der Waals surface area contributed by atoms with E-state index in [0.717, 1.165) is 6.42 Å². The average Bonchev–Trinajstić information content (AvgIpc) is 3.34. The highest BCUT2D eigenvalue weighted by molar-refractivity contribution is 5.92. The minimum absolute atomic E-state index is 0.0299. The van der Waals surface area contributed by atoms with E-state index in [4.69, 9.17) is 8.94 Å². The molecule has 0 aliphatic carbocycles. The van der Waals surface area contributed by atoms with Gasteiger partial charge >= 0.3 is 0 Å². The molecule has 146 valence electrons.